The molecule has 1 aromatic carbocycles. The van der Waals surface area contributed by atoms with Crippen molar-refractivity contribution in [3.63, 3.8) is 0 Å². The van der Waals surface area contributed by atoms with Gasteiger partial charge in [-0.25, -0.2) is 9.78 Å². The first-order chi connectivity index (χ1) is 8.67. The van der Waals surface area contributed by atoms with Crippen molar-refractivity contribution in [1.29, 1.82) is 0 Å². The lowest BCUT2D eigenvalue weighted by Gasteiger charge is -2.09. The Bertz CT molecular complexity index is 577. The van der Waals surface area contributed by atoms with Gasteiger partial charge in [0.25, 0.3) is 0 Å². The molecule has 1 aromatic heterocycles. The van der Waals surface area contributed by atoms with Gasteiger partial charge in [0, 0.05) is 5.56 Å². The molecular formula is C13H13NO3S. The van der Waals surface area contributed by atoms with Crippen LogP contribution in [0.3, 0.4) is 0 Å². The van der Waals surface area contributed by atoms with Crippen LogP contribution >= 0.6 is 11.3 Å². The third kappa shape index (κ3) is 2.22. The van der Waals surface area contributed by atoms with Crippen LogP contribution in [0.5, 0.6) is 5.75 Å². The van der Waals surface area contributed by atoms with E-state index >= 15 is 0 Å². The summed E-state index contributed by atoms with van der Waals surface area (Å²) in [6.45, 7) is 2.05. The summed E-state index contributed by atoms with van der Waals surface area (Å²) in [4.78, 5) is 15.6. The largest absolute Gasteiger partial charge is 0.496 e. The minimum absolute atomic E-state index is 0.0755. The average molecular weight is 263 g/mol. The molecule has 0 saturated heterocycles. The zero-order valence-corrected chi connectivity index (χ0v) is 11.0. The monoisotopic (exact) mass is 263 g/mol. The molecule has 0 atom stereocenters. The molecule has 5 heteroatoms. The van der Waals surface area contributed by atoms with Crippen molar-refractivity contribution in [1.82, 2.24) is 4.98 Å². The van der Waals surface area contributed by atoms with E-state index in [0.29, 0.717) is 10.6 Å². The Labute approximate surface area is 109 Å². The molecule has 18 heavy (non-hydrogen) atoms. The fraction of sp³-hybridized carbons (Fsp3) is 0.231. The van der Waals surface area contributed by atoms with Crippen molar-refractivity contribution < 1.29 is 14.6 Å². The van der Waals surface area contributed by atoms with Crippen molar-refractivity contribution >= 4 is 17.3 Å². The molecule has 0 spiro atoms. The van der Waals surface area contributed by atoms with E-state index in [0.717, 1.165) is 17.5 Å². The van der Waals surface area contributed by atoms with Gasteiger partial charge in [0.2, 0.25) is 0 Å². The Morgan fingerprint density at radius 3 is 2.89 bits per heavy atom. The van der Waals surface area contributed by atoms with Crippen molar-refractivity contribution in [2.45, 2.75) is 13.3 Å². The number of ether oxygens (including phenoxy) is 1. The van der Waals surface area contributed by atoms with Gasteiger partial charge in [-0.2, -0.15) is 0 Å². The molecule has 94 valence electrons. The first-order valence-electron chi connectivity index (χ1n) is 5.51. The second kappa shape index (κ2) is 5.18. The fourth-order valence-corrected chi connectivity index (χ4v) is 2.54. The number of benzene rings is 1. The highest BCUT2D eigenvalue weighted by atomic mass is 32.1. The minimum atomic E-state index is -1.02. The summed E-state index contributed by atoms with van der Waals surface area (Å²) in [5, 5.41) is 9.11. The Hall–Kier alpha value is -1.88. The Morgan fingerprint density at radius 1 is 1.50 bits per heavy atom. The maximum atomic E-state index is 11.1. The maximum Gasteiger partial charge on any atom is 0.356 e. The van der Waals surface area contributed by atoms with Crippen LogP contribution in [0.1, 0.15) is 23.0 Å². The molecule has 1 heterocycles. The lowest BCUT2D eigenvalue weighted by atomic mass is 10.1. The second-order valence-electron chi connectivity index (χ2n) is 3.72. The van der Waals surface area contributed by atoms with E-state index in [1.54, 1.807) is 7.11 Å². The molecule has 1 N–H and O–H groups in total. The standard InChI is InChI=1S/C13H13NO3S/c1-3-8-4-5-10(17-2)9(6-8)12-11(13(15)16)14-7-18-12/h4-7H,3H2,1-2H3,(H,15,16). The molecular weight excluding hydrogens is 250 g/mol. The number of aromatic carboxylic acids is 1. The van der Waals surface area contributed by atoms with Crippen LogP contribution in [0.15, 0.2) is 23.7 Å². The molecule has 0 amide bonds. The quantitative estimate of drug-likeness (QED) is 0.920. The van der Waals surface area contributed by atoms with Crippen LogP contribution in [-0.4, -0.2) is 23.2 Å². The molecule has 0 fully saturated rings. The van der Waals surface area contributed by atoms with Crippen molar-refractivity contribution in [2.75, 3.05) is 7.11 Å². The number of carboxylic acid groups (broad SMARTS) is 1. The number of hydrogen-bond acceptors (Lipinski definition) is 4. The van der Waals surface area contributed by atoms with Gasteiger partial charge in [-0.15, -0.1) is 11.3 Å². The zero-order chi connectivity index (χ0) is 13.1. The lowest BCUT2D eigenvalue weighted by molar-refractivity contribution is 0.0692. The highest BCUT2D eigenvalue weighted by Gasteiger charge is 2.18. The van der Waals surface area contributed by atoms with E-state index in [2.05, 4.69) is 11.9 Å². The Morgan fingerprint density at radius 2 is 2.28 bits per heavy atom. The predicted octanol–water partition coefficient (Wildman–Crippen LogP) is 3.08. The Balaban J connectivity index is 2.61. The van der Waals surface area contributed by atoms with E-state index in [1.807, 2.05) is 18.2 Å². The third-order valence-corrected chi connectivity index (χ3v) is 3.55. The summed E-state index contributed by atoms with van der Waals surface area (Å²) in [7, 11) is 1.58. The predicted molar refractivity (Wildman–Crippen MR) is 70.4 cm³/mol. The maximum absolute atomic E-state index is 11.1. The highest BCUT2D eigenvalue weighted by Crippen LogP contribution is 2.35. The molecule has 4 nitrogen and oxygen atoms in total. The van der Waals surface area contributed by atoms with Gasteiger partial charge < -0.3 is 9.84 Å². The summed E-state index contributed by atoms with van der Waals surface area (Å²) < 4.78 is 5.29. The number of methoxy groups -OCH3 is 1. The number of aryl methyl sites for hydroxylation is 1. The third-order valence-electron chi connectivity index (χ3n) is 2.69. The van der Waals surface area contributed by atoms with Crippen molar-refractivity contribution in [3.05, 3.63) is 35.0 Å². The molecule has 2 aromatic rings. The summed E-state index contributed by atoms with van der Waals surface area (Å²) in [6.07, 6.45) is 0.887. The van der Waals surface area contributed by atoms with Crippen molar-refractivity contribution in [2.24, 2.45) is 0 Å². The summed E-state index contributed by atoms with van der Waals surface area (Å²) in [5.41, 5.74) is 3.54. The molecule has 0 aliphatic carbocycles. The molecule has 0 aliphatic rings. The van der Waals surface area contributed by atoms with Gasteiger partial charge in [0.05, 0.1) is 17.5 Å². The van der Waals surface area contributed by atoms with Crippen LogP contribution in [0.2, 0.25) is 0 Å². The second-order valence-corrected chi connectivity index (χ2v) is 4.58. The van der Waals surface area contributed by atoms with Crippen LogP contribution in [0, 0.1) is 0 Å². The molecule has 0 aliphatic heterocycles. The van der Waals surface area contributed by atoms with Gasteiger partial charge in [0.1, 0.15) is 5.75 Å². The number of rotatable bonds is 4. The van der Waals surface area contributed by atoms with Gasteiger partial charge in [0.15, 0.2) is 5.69 Å². The summed E-state index contributed by atoms with van der Waals surface area (Å²) in [6, 6.07) is 5.79. The SMILES string of the molecule is CCc1ccc(OC)c(-c2scnc2C(=O)O)c1. The van der Waals surface area contributed by atoms with Gasteiger partial charge in [-0.3, -0.25) is 0 Å². The summed E-state index contributed by atoms with van der Waals surface area (Å²) in [5.74, 6) is -0.353. The van der Waals surface area contributed by atoms with Gasteiger partial charge >= 0.3 is 5.97 Å². The lowest BCUT2D eigenvalue weighted by Crippen LogP contribution is -1.99. The number of hydrogen-bond donors (Lipinski definition) is 1. The van der Waals surface area contributed by atoms with Crippen LogP contribution < -0.4 is 4.74 Å². The van der Waals surface area contributed by atoms with Crippen LogP contribution in [0.25, 0.3) is 10.4 Å². The normalized spacial score (nSPS) is 10.3. The van der Waals surface area contributed by atoms with Crippen molar-refractivity contribution in [3.8, 4) is 16.2 Å². The van der Waals surface area contributed by atoms with E-state index in [9.17, 15) is 4.79 Å². The number of thiazole rings is 1. The Kier molecular flexibility index (Phi) is 3.62. The van der Waals surface area contributed by atoms with E-state index in [-0.39, 0.29) is 5.69 Å². The van der Waals surface area contributed by atoms with Gasteiger partial charge in [-0.05, 0) is 24.1 Å². The van der Waals surface area contributed by atoms with E-state index in [4.69, 9.17) is 9.84 Å². The summed E-state index contributed by atoms with van der Waals surface area (Å²) >= 11 is 1.31. The first-order valence-corrected chi connectivity index (χ1v) is 6.39. The molecule has 0 radical (unpaired) electrons. The molecule has 2 rings (SSSR count). The topological polar surface area (TPSA) is 59.4 Å². The average Bonchev–Trinajstić information content (AvgIpc) is 2.87. The first kappa shape index (κ1) is 12.6. The number of carbonyl (C=O) groups is 1. The number of carboxylic acids is 1. The molecule has 0 bridgehead atoms. The molecule has 0 saturated carbocycles. The van der Waals surface area contributed by atoms with Crippen LogP contribution in [-0.2, 0) is 6.42 Å². The smallest absolute Gasteiger partial charge is 0.356 e. The number of aromatic nitrogens is 1. The number of nitrogens with zero attached hydrogens (tertiary/aromatic N) is 1. The minimum Gasteiger partial charge on any atom is -0.496 e. The van der Waals surface area contributed by atoms with Crippen LogP contribution in [0.4, 0.5) is 0 Å². The van der Waals surface area contributed by atoms with E-state index < -0.39 is 5.97 Å². The zero-order valence-electron chi connectivity index (χ0n) is 10.1. The molecule has 0 unspecified atom stereocenters. The fourth-order valence-electron chi connectivity index (χ4n) is 1.74. The van der Waals surface area contributed by atoms with E-state index in [1.165, 1.54) is 16.8 Å². The highest BCUT2D eigenvalue weighted by molar-refractivity contribution is 7.13. The van der Waals surface area contributed by atoms with Gasteiger partial charge in [-0.1, -0.05) is 13.0 Å².